The Labute approximate surface area is 158 Å². The van der Waals surface area contributed by atoms with Crippen molar-refractivity contribution in [2.45, 2.75) is 89.3 Å². The Kier molecular flexibility index (Phi) is 7.54. The maximum atomic E-state index is 12.5. The fourth-order valence-electron chi connectivity index (χ4n) is 4.99. The lowest BCUT2D eigenvalue weighted by atomic mass is 9.69. The lowest BCUT2D eigenvalue weighted by molar-refractivity contribution is 0.141. The molecular formula is C19H38N6O. The number of hydrogen-bond donors (Lipinski definition) is 6. The fraction of sp³-hybridized carbons (Fsp3) is 0.947. The molecule has 3 aliphatic rings. The van der Waals surface area contributed by atoms with Gasteiger partial charge in [0, 0.05) is 12.1 Å². The number of nitrogens with two attached hydrogens (primary N) is 1. The topological polar surface area (TPSA) is 103 Å². The van der Waals surface area contributed by atoms with E-state index in [4.69, 9.17) is 5.73 Å². The number of amides is 2. The predicted molar refractivity (Wildman–Crippen MR) is 104 cm³/mol. The molecule has 1 heterocycles. The van der Waals surface area contributed by atoms with Gasteiger partial charge >= 0.3 is 6.03 Å². The summed E-state index contributed by atoms with van der Waals surface area (Å²) in [4.78, 5) is 12.5. The first kappa shape index (κ1) is 19.9. The van der Waals surface area contributed by atoms with Crippen molar-refractivity contribution in [1.82, 2.24) is 26.6 Å². The van der Waals surface area contributed by atoms with Crippen LogP contribution in [0.2, 0.25) is 0 Å². The summed E-state index contributed by atoms with van der Waals surface area (Å²) in [6.45, 7) is 3.74. The van der Waals surface area contributed by atoms with Crippen LogP contribution in [-0.2, 0) is 0 Å². The monoisotopic (exact) mass is 366 g/mol. The SMILES string of the molecule is CC1CC(NCCCN)NC(NC(=O)NC2CCC3CCCCC3C2)N1. The van der Waals surface area contributed by atoms with E-state index in [0.29, 0.717) is 18.6 Å². The van der Waals surface area contributed by atoms with E-state index in [1.807, 2.05) is 0 Å². The van der Waals surface area contributed by atoms with Crippen molar-refractivity contribution in [2.24, 2.45) is 17.6 Å². The highest BCUT2D eigenvalue weighted by Gasteiger charge is 2.33. The summed E-state index contributed by atoms with van der Waals surface area (Å²) in [6.07, 6.45) is 11.0. The van der Waals surface area contributed by atoms with Gasteiger partial charge in [-0.3, -0.25) is 10.6 Å². The van der Waals surface area contributed by atoms with Gasteiger partial charge in [-0.2, -0.15) is 0 Å². The van der Waals surface area contributed by atoms with Crippen molar-refractivity contribution in [3.8, 4) is 0 Å². The van der Waals surface area contributed by atoms with E-state index in [-0.39, 0.29) is 18.5 Å². The van der Waals surface area contributed by atoms with Gasteiger partial charge in [0.1, 0.15) is 6.29 Å². The first-order chi connectivity index (χ1) is 12.6. The van der Waals surface area contributed by atoms with Crippen LogP contribution >= 0.6 is 0 Å². The summed E-state index contributed by atoms with van der Waals surface area (Å²) in [5, 5.41) is 16.6. The minimum atomic E-state index is -0.208. The Bertz CT molecular complexity index is 448. The molecule has 6 atom stereocenters. The van der Waals surface area contributed by atoms with Crippen LogP contribution in [0.5, 0.6) is 0 Å². The second-order valence-electron chi connectivity index (χ2n) is 8.48. The Hall–Kier alpha value is -0.890. The van der Waals surface area contributed by atoms with Crippen LogP contribution in [0.25, 0.3) is 0 Å². The standard InChI is InChI=1S/C19H38N6O/c1-13-11-17(21-10-4-9-20)24-18(22-13)25-19(26)23-16-8-7-14-5-2-3-6-15(14)12-16/h13-18,21-22,24H,2-12,20H2,1H3,(H2,23,25,26). The van der Waals surface area contributed by atoms with Crippen molar-refractivity contribution in [2.75, 3.05) is 13.1 Å². The normalized spacial score (nSPS) is 37.6. The third-order valence-electron chi connectivity index (χ3n) is 6.33. The van der Waals surface area contributed by atoms with Gasteiger partial charge in [0.25, 0.3) is 0 Å². The Morgan fingerprint density at radius 3 is 2.65 bits per heavy atom. The molecule has 0 bridgehead atoms. The van der Waals surface area contributed by atoms with Gasteiger partial charge in [-0.05, 0) is 64.0 Å². The predicted octanol–water partition coefficient (Wildman–Crippen LogP) is 1.16. The highest BCUT2D eigenvalue weighted by Crippen LogP contribution is 2.40. The average molecular weight is 367 g/mol. The highest BCUT2D eigenvalue weighted by molar-refractivity contribution is 5.74. The first-order valence-corrected chi connectivity index (χ1v) is 10.7. The van der Waals surface area contributed by atoms with E-state index >= 15 is 0 Å². The van der Waals surface area contributed by atoms with E-state index in [1.54, 1.807) is 0 Å². The number of carbonyl (C=O) groups is 1. The van der Waals surface area contributed by atoms with E-state index in [2.05, 4.69) is 33.5 Å². The lowest BCUT2D eigenvalue weighted by Gasteiger charge is -2.40. The summed E-state index contributed by atoms with van der Waals surface area (Å²) in [5.74, 6) is 1.73. The number of hydrogen-bond acceptors (Lipinski definition) is 5. The molecule has 6 unspecified atom stereocenters. The Morgan fingerprint density at radius 2 is 1.85 bits per heavy atom. The summed E-state index contributed by atoms with van der Waals surface area (Å²) in [6, 6.07) is 0.604. The first-order valence-electron chi connectivity index (χ1n) is 10.7. The van der Waals surface area contributed by atoms with Crippen molar-refractivity contribution < 1.29 is 4.79 Å². The van der Waals surface area contributed by atoms with E-state index in [1.165, 1.54) is 32.1 Å². The summed E-state index contributed by atoms with van der Waals surface area (Å²) in [5.41, 5.74) is 5.56. The van der Waals surface area contributed by atoms with Crippen LogP contribution in [0, 0.1) is 11.8 Å². The molecule has 3 fully saturated rings. The molecule has 7 heteroatoms. The summed E-state index contributed by atoms with van der Waals surface area (Å²) < 4.78 is 0. The van der Waals surface area contributed by atoms with Crippen LogP contribution in [-0.4, -0.2) is 43.7 Å². The molecule has 0 aromatic heterocycles. The molecule has 0 aromatic carbocycles. The van der Waals surface area contributed by atoms with Crippen LogP contribution in [0.1, 0.15) is 64.7 Å². The van der Waals surface area contributed by atoms with Crippen LogP contribution in [0.4, 0.5) is 4.79 Å². The molecule has 26 heavy (non-hydrogen) atoms. The fourth-order valence-corrected chi connectivity index (χ4v) is 4.99. The zero-order chi connectivity index (χ0) is 18.4. The molecule has 0 radical (unpaired) electrons. The van der Waals surface area contributed by atoms with Gasteiger partial charge in [-0.1, -0.05) is 25.7 Å². The van der Waals surface area contributed by atoms with Crippen molar-refractivity contribution >= 4 is 6.03 Å². The Balaban J connectivity index is 1.40. The highest BCUT2D eigenvalue weighted by atomic mass is 16.2. The van der Waals surface area contributed by atoms with E-state index < -0.39 is 0 Å². The molecule has 7 N–H and O–H groups in total. The zero-order valence-corrected chi connectivity index (χ0v) is 16.2. The smallest absolute Gasteiger partial charge is 0.317 e. The average Bonchev–Trinajstić information content (AvgIpc) is 2.61. The van der Waals surface area contributed by atoms with Gasteiger partial charge in [0.05, 0.1) is 6.17 Å². The number of carbonyl (C=O) groups excluding carboxylic acids is 1. The van der Waals surface area contributed by atoms with Crippen LogP contribution in [0.15, 0.2) is 0 Å². The van der Waals surface area contributed by atoms with Crippen LogP contribution < -0.4 is 32.3 Å². The van der Waals surface area contributed by atoms with Gasteiger partial charge in [-0.25, -0.2) is 4.79 Å². The second-order valence-corrected chi connectivity index (χ2v) is 8.48. The van der Waals surface area contributed by atoms with Crippen molar-refractivity contribution in [1.29, 1.82) is 0 Å². The minimum Gasteiger partial charge on any atom is -0.335 e. The molecule has 2 saturated carbocycles. The van der Waals surface area contributed by atoms with Gasteiger partial charge in [-0.15, -0.1) is 0 Å². The number of urea groups is 1. The van der Waals surface area contributed by atoms with Crippen molar-refractivity contribution in [3.05, 3.63) is 0 Å². The van der Waals surface area contributed by atoms with E-state index in [0.717, 1.165) is 44.1 Å². The lowest BCUT2D eigenvalue weighted by Crippen LogP contribution is -2.68. The number of fused-ring (bicyclic) bond motifs is 1. The maximum absolute atomic E-state index is 12.5. The molecule has 0 spiro atoms. The maximum Gasteiger partial charge on any atom is 0.317 e. The third kappa shape index (κ3) is 5.81. The largest absolute Gasteiger partial charge is 0.335 e. The molecule has 0 aromatic rings. The molecular weight excluding hydrogens is 328 g/mol. The Morgan fingerprint density at radius 1 is 1.04 bits per heavy atom. The molecule has 2 aliphatic carbocycles. The molecule has 3 rings (SSSR count). The summed E-state index contributed by atoms with van der Waals surface area (Å²) >= 11 is 0. The summed E-state index contributed by atoms with van der Waals surface area (Å²) in [7, 11) is 0. The van der Waals surface area contributed by atoms with Crippen LogP contribution in [0.3, 0.4) is 0 Å². The van der Waals surface area contributed by atoms with E-state index in [9.17, 15) is 4.79 Å². The molecule has 2 amide bonds. The molecule has 150 valence electrons. The third-order valence-corrected chi connectivity index (χ3v) is 6.33. The number of nitrogens with one attached hydrogen (secondary N) is 5. The minimum absolute atomic E-state index is 0.0657. The molecule has 1 saturated heterocycles. The molecule has 7 nitrogen and oxygen atoms in total. The van der Waals surface area contributed by atoms with Gasteiger partial charge < -0.3 is 21.7 Å². The quantitative estimate of drug-likeness (QED) is 0.396. The van der Waals surface area contributed by atoms with Gasteiger partial charge in [0.15, 0.2) is 0 Å². The number of rotatable bonds is 6. The van der Waals surface area contributed by atoms with Crippen molar-refractivity contribution in [3.63, 3.8) is 0 Å². The molecule has 1 aliphatic heterocycles. The van der Waals surface area contributed by atoms with Gasteiger partial charge in [0.2, 0.25) is 0 Å². The second kappa shape index (κ2) is 9.88. The zero-order valence-electron chi connectivity index (χ0n) is 16.2.